The third kappa shape index (κ3) is 4.48. The molecule has 0 saturated carbocycles. The van der Waals surface area contributed by atoms with E-state index >= 15 is 0 Å². The van der Waals surface area contributed by atoms with Crippen LogP contribution >= 0.6 is 0 Å². The highest BCUT2D eigenvalue weighted by atomic mass is 32.2. The molecule has 0 aliphatic heterocycles. The molecular formula is C20H24O4S. The summed E-state index contributed by atoms with van der Waals surface area (Å²) in [7, 11) is -2.20. The maximum atomic E-state index is 12.3. The lowest BCUT2D eigenvalue weighted by Crippen LogP contribution is -2.10. The molecule has 0 radical (unpaired) electrons. The fourth-order valence-electron chi connectivity index (χ4n) is 2.76. The average Bonchev–Trinajstić information content (AvgIpc) is 2.58. The van der Waals surface area contributed by atoms with Crippen LogP contribution in [0.1, 0.15) is 41.3 Å². The van der Waals surface area contributed by atoms with E-state index in [-0.39, 0.29) is 4.90 Å². The second kappa shape index (κ2) is 7.83. The summed E-state index contributed by atoms with van der Waals surface area (Å²) in [5, 5.41) is 0. The predicted molar refractivity (Wildman–Crippen MR) is 99.7 cm³/mol. The van der Waals surface area contributed by atoms with Gasteiger partial charge in [0.05, 0.1) is 17.6 Å². The van der Waals surface area contributed by atoms with Crippen molar-refractivity contribution in [3.8, 4) is 11.1 Å². The zero-order valence-electron chi connectivity index (χ0n) is 15.1. The lowest BCUT2D eigenvalue weighted by atomic mass is 9.95. The van der Waals surface area contributed by atoms with E-state index in [0.717, 1.165) is 35.8 Å². The van der Waals surface area contributed by atoms with Gasteiger partial charge in [0.1, 0.15) is 0 Å². The molecule has 2 aromatic rings. The van der Waals surface area contributed by atoms with E-state index in [4.69, 9.17) is 4.74 Å². The molecule has 0 N–H and O–H groups in total. The number of esters is 1. The minimum Gasteiger partial charge on any atom is -0.465 e. The average molecular weight is 360 g/mol. The molecule has 0 atom stereocenters. The first-order chi connectivity index (χ1) is 11.8. The number of carbonyl (C=O) groups is 1. The largest absolute Gasteiger partial charge is 0.465 e. The predicted octanol–water partition coefficient (Wildman–Crippen LogP) is 4.19. The molecule has 0 heterocycles. The number of sulfone groups is 1. The van der Waals surface area contributed by atoms with E-state index in [9.17, 15) is 13.2 Å². The summed E-state index contributed by atoms with van der Waals surface area (Å²) >= 11 is 0. The first-order valence-electron chi connectivity index (χ1n) is 8.30. The smallest absolute Gasteiger partial charge is 0.338 e. The normalized spacial score (nSPS) is 11.4. The Morgan fingerprint density at radius 2 is 1.76 bits per heavy atom. The fraction of sp³-hybridized carbons (Fsp3) is 0.350. The summed E-state index contributed by atoms with van der Waals surface area (Å²) < 4.78 is 29.5. The third-order valence-electron chi connectivity index (χ3n) is 4.17. The first-order valence-corrected chi connectivity index (χ1v) is 10.2. The number of unbranched alkanes of at least 4 members (excludes halogenated alkanes) is 1. The van der Waals surface area contributed by atoms with Crippen LogP contribution in [0.25, 0.3) is 11.1 Å². The van der Waals surface area contributed by atoms with Crippen molar-refractivity contribution < 1.29 is 17.9 Å². The van der Waals surface area contributed by atoms with Gasteiger partial charge in [0.2, 0.25) is 0 Å². The summed E-state index contributed by atoms with van der Waals surface area (Å²) in [5.41, 5.74) is 3.69. The summed E-state index contributed by atoms with van der Waals surface area (Å²) in [6.07, 6.45) is 3.75. The Kier molecular flexibility index (Phi) is 6.01. The van der Waals surface area contributed by atoms with Gasteiger partial charge in [-0.25, -0.2) is 13.2 Å². The van der Waals surface area contributed by atoms with E-state index in [0.29, 0.717) is 17.5 Å². The van der Waals surface area contributed by atoms with Crippen LogP contribution in [-0.2, 0) is 21.0 Å². The third-order valence-corrected chi connectivity index (χ3v) is 5.31. The number of benzene rings is 2. The summed E-state index contributed by atoms with van der Waals surface area (Å²) in [5.74, 6) is -0.508. The SMILES string of the molecule is CCCCc1cc(-c2ccc(C)cc2)c(S(C)(=O)=O)cc1C(=O)OC. The van der Waals surface area contributed by atoms with E-state index in [1.807, 2.05) is 37.3 Å². The van der Waals surface area contributed by atoms with Gasteiger partial charge in [-0.2, -0.15) is 0 Å². The Morgan fingerprint density at radius 1 is 1.12 bits per heavy atom. The van der Waals surface area contributed by atoms with Crippen LogP contribution in [0.4, 0.5) is 0 Å². The van der Waals surface area contributed by atoms with Crippen LogP contribution in [-0.4, -0.2) is 27.8 Å². The lowest BCUT2D eigenvalue weighted by molar-refractivity contribution is 0.0599. The van der Waals surface area contributed by atoms with Crippen molar-refractivity contribution in [2.45, 2.75) is 38.0 Å². The molecule has 0 saturated heterocycles. The maximum Gasteiger partial charge on any atom is 0.338 e. The molecule has 2 aromatic carbocycles. The van der Waals surface area contributed by atoms with Crippen molar-refractivity contribution in [1.29, 1.82) is 0 Å². The molecule has 0 bridgehead atoms. The summed E-state index contributed by atoms with van der Waals surface area (Å²) in [4.78, 5) is 12.3. The van der Waals surface area contributed by atoms with E-state index in [1.54, 1.807) is 0 Å². The monoisotopic (exact) mass is 360 g/mol. The highest BCUT2D eigenvalue weighted by Crippen LogP contribution is 2.32. The van der Waals surface area contributed by atoms with Crippen LogP contribution in [0, 0.1) is 6.92 Å². The number of ether oxygens (including phenoxy) is 1. The molecule has 5 heteroatoms. The molecule has 2 rings (SSSR count). The van der Waals surface area contributed by atoms with Gasteiger partial charge in [0.15, 0.2) is 9.84 Å². The molecule has 0 spiro atoms. The van der Waals surface area contributed by atoms with Crippen molar-refractivity contribution in [2.75, 3.05) is 13.4 Å². The Bertz CT molecular complexity index is 865. The second-order valence-electron chi connectivity index (χ2n) is 6.24. The molecule has 0 amide bonds. The molecule has 0 aliphatic carbocycles. The number of methoxy groups -OCH3 is 1. The number of aryl methyl sites for hydroxylation is 2. The quantitative estimate of drug-likeness (QED) is 0.725. The van der Waals surface area contributed by atoms with Gasteiger partial charge in [-0.3, -0.25) is 0 Å². The van der Waals surface area contributed by atoms with Crippen LogP contribution < -0.4 is 0 Å². The Hall–Kier alpha value is -2.14. The van der Waals surface area contributed by atoms with Gasteiger partial charge in [-0.05, 0) is 43.0 Å². The Balaban J connectivity index is 2.75. The molecule has 0 fully saturated rings. The lowest BCUT2D eigenvalue weighted by Gasteiger charge is -2.15. The van der Waals surface area contributed by atoms with Crippen LogP contribution in [0.3, 0.4) is 0 Å². The second-order valence-corrected chi connectivity index (χ2v) is 8.22. The van der Waals surface area contributed by atoms with Crippen molar-refractivity contribution in [3.63, 3.8) is 0 Å². The molecule has 4 nitrogen and oxygen atoms in total. The number of hydrogen-bond acceptors (Lipinski definition) is 4. The molecule has 134 valence electrons. The van der Waals surface area contributed by atoms with Crippen molar-refractivity contribution in [1.82, 2.24) is 0 Å². The number of rotatable bonds is 6. The molecule has 0 aromatic heterocycles. The van der Waals surface area contributed by atoms with Crippen molar-refractivity contribution in [3.05, 3.63) is 53.1 Å². The minimum absolute atomic E-state index is 0.150. The van der Waals surface area contributed by atoms with Crippen LogP contribution in [0.2, 0.25) is 0 Å². The van der Waals surface area contributed by atoms with Gasteiger partial charge in [0, 0.05) is 11.8 Å². The first kappa shape index (κ1) is 19.2. The van der Waals surface area contributed by atoms with Gasteiger partial charge < -0.3 is 4.74 Å². The highest BCUT2D eigenvalue weighted by Gasteiger charge is 2.21. The van der Waals surface area contributed by atoms with Gasteiger partial charge in [-0.1, -0.05) is 43.2 Å². The van der Waals surface area contributed by atoms with E-state index in [2.05, 4.69) is 6.92 Å². The zero-order valence-corrected chi connectivity index (χ0v) is 15.9. The van der Waals surface area contributed by atoms with Crippen LogP contribution in [0.15, 0.2) is 41.3 Å². The maximum absolute atomic E-state index is 12.3. The Labute approximate surface area is 149 Å². The van der Waals surface area contributed by atoms with Crippen molar-refractivity contribution >= 4 is 15.8 Å². The van der Waals surface area contributed by atoms with E-state index < -0.39 is 15.8 Å². The van der Waals surface area contributed by atoms with Crippen LogP contribution in [0.5, 0.6) is 0 Å². The number of hydrogen-bond donors (Lipinski definition) is 0. The Morgan fingerprint density at radius 3 is 2.28 bits per heavy atom. The standard InChI is InChI=1S/C20H24O4S/c1-5-6-7-16-12-17(15-10-8-14(2)9-11-15)19(25(4,22)23)13-18(16)20(21)24-3/h8-13H,5-7H2,1-4H3. The minimum atomic E-state index is -3.50. The summed E-state index contributed by atoms with van der Waals surface area (Å²) in [6.45, 7) is 4.05. The number of carbonyl (C=O) groups excluding carboxylic acids is 1. The highest BCUT2D eigenvalue weighted by molar-refractivity contribution is 7.90. The molecule has 0 aliphatic rings. The summed E-state index contributed by atoms with van der Waals surface area (Å²) in [6, 6.07) is 11.0. The van der Waals surface area contributed by atoms with Gasteiger partial charge >= 0.3 is 5.97 Å². The zero-order chi connectivity index (χ0) is 18.6. The molecular weight excluding hydrogens is 336 g/mol. The van der Waals surface area contributed by atoms with Gasteiger partial charge in [-0.15, -0.1) is 0 Å². The molecule has 25 heavy (non-hydrogen) atoms. The fourth-order valence-corrected chi connectivity index (χ4v) is 3.67. The van der Waals surface area contributed by atoms with Crippen molar-refractivity contribution in [2.24, 2.45) is 0 Å². The van der Waals surface area contributed by atoms with E-state index in [1.165, 1.54) is 13.2 Å². The van der Waals surface area contributed by atoms with Gasteiger partial charge in [0.25, 0.3) is 0 Å². The molecule has 0 unspecified atom stereocenters. The topological polar surface area (TPSA) is 60.4 Å².